The molecule has 0 aliphatic rings. The summed E-state index contributed by atoms with van der Waals surface area (Å²) in [6.45, 7) is 2.11. The van der Waals surface area contributed by atoms with E-state index in [1.807, 2.05) is 36.4 Å². The molecule has 0 aromatic heterocycles. The molecule has 1 atom stereocenters. The Morgan fingerprint density at radius 1 is 1.06 bits per heavy atom. The van der Waals surface area contributed by atoms with Crippen molar-refractivity contribution < 1.29 is 0 Å². The highest BCUT2D eigenvalue weighted by Gasteiger charge is 2.04. The molecule has 0 radical (unpaired) electrons. The van der Waals surface area contributed by atoms with E-state index in [1.54, 1.807) is 6.07 Å². The van der Waals surface area contributed by atoms with E-state index in [2.05, 4.69) is 30.4 Å². The van der Waals surface area contributed by atoms with Crippen LogP contribution >= 0.6 is 0 Å². The van der Waals surface area contributed by atoms with Gasteiger partial charge in [0.05, 0.1) is 11.6 Å². The van der Waals surface area contributed by atoms with Crippen molar-refractivity contribution in [2.45, 2.75) is 13.0 Å². The molecule has 2 aromatic carbocycles. The van der Waals surface area contributed by atoms with Crippen LogP contribution in [0.25, 0.3) is 0 Å². The maximum absolute atomic E-state index is 8.84. The van der Waals surface area contributed by atoms with Gasteiger partial charge in [-0.2, -0.15) is 5.26 Å². The molecule has 0 spiro atoms. The average Bonchev–Trinajstić information content (AvgIpc) is 2.40. The second-order valence-electron chi connectivity index (χ2n) is 3.97. The first kappa shape index (κ1) is 11.2. The Bertz CT molecular complexity index is 526. The van der Waals surface area contributed by atoms with Crippen LogP contribution in [-0.4, -0.2) is 0 Å². The molecular formula is C15H14N2. The van der Waals surface area contributed by atoms with Crippen LogP contribution in [0.4, 0.5) is 5.69 Å². The molecule has 0 unspecified atom stereocenters. The molecule has 0 heterocycles. The molecule has 2 nitrogen and oxygen atoms in total. The minimum atomic E-state index is 0.227. The van der Waals surface area contributed by atoms with Gasteiger partial charge < -0.3 is 5.32 Å². The normalized spacial score (nSPS) is 11.5. The van der Waals surface area contributed by atoms with E-state index < -0.39 is 0 Å². The number of anilines is 1. The minimum absolute atomic E-state index is 0.227. The molecule has 0 fully saturated rings. The van der Waals surface area contributed by atoms with Crippen molar-refractivity contribution >= 4 is 5.69 Å². The lowest BCUT2D eigenvalue weighted by atomic mass is 10.1. The summed E-state index contributed by atoms with van der Waals surface area (Å²) in [4.78, 5) is 0. The second-order valence-corrected chi connectivity index (χ2v) is 3.97. The first-order chi connectivity index (χ1) is 8.29. The van der Waals surface area contributed by atoms with Gasteiger partial charge in [-0.15, -0.1) is 0 Å². The van der Waals surface area contributed by atoms with E-state index in [1.165, 1.54) is 5.56 Å². The predicted octanol–water partition coefficient (Wildman–Crippen LogP) is 3.73. The Hall–Kier alpha value is -2.27. The lowest BCUT2D eigenvalue weighted by Gasteiger charge is -2.15. The van der Waals surface area contributed by atoms with E-state index in [4.69, 9.17) is 5.26 Å². The molecule has 0 aliphatic carbocycles. The Labute approximate surface area is 102 Å². The molecule has 84 valence electrons. The monoisotopic (exact) mass is 222 g/mol. The topological polar surface area (TPSA) is 35.8 Å². The fraction of sp³-hybridized carbons (Fsp3) is 0.133. The predicted molar refractivity (Wildman–Crippen MR) is 69.6 cm³/mol. The highest BCUT2D eigenvalue weighted by Crippen LogP contribution is 2.19. The van der Waals surface area contributed by atoms with Crippen molar-refractivity contribution in [1.29, 1.82) is 5.26 Å². The summed E-state index contributed by atoms with van der Waals surface area (Å²) in [7, 11) is 0. The molecule has 0 aliphatic heterocycles. The molecule has 0 saturated carbocycles. The molecule has 0 amide bonds. The zero-order valence-electron chi connectivity index (χ0n) is 9.72. The number of nitrogens with zero attached hydrogens (tertiary/aromatic N) is 1. The van der Waals surface area contributed by atoms with Crippen molar-refractivity contribution in [1.82, 2.24) is 0 Å². The highest BCUT2D eigenvalue weighted by atomic mass is 14.9. The van der Waals surface area contributed by atoms with E-state index in [0.717, 1.165) is 5.69 Å². The molecule has 1 N–H and O–H groups in total. The van der Waals surface area contributed by atoms with Gasteiger partial charge in [0.25, 0.3) is 0 Å². The Morgan fingerprint density at radius 2 is 1.82 bits per heavy atom. The Morgan fingerprint density at radius 3 is 2.53 bits per heavy atom. The molecule has 2 heteroatoms. The zero-order chi connectivity index (χ0) is 12.1. The van der Waals surface area contributed by atoms with Crippen molar-refractivity contribution in [3.63, 3.8) is 0 Å². The Balaban J connectivity index is 2.13. The number of rotatable bonds is 3. The molecular weight excluding hydrogens is 208 g/mol. The van der Waals surface area contributed by atoms with Crippen LogP contribution in [0.15, 0.2) is 54.6 Å². The quantitative estimate of drug-likeness (QED) is 0.858. The second kappa shape index (κ2) is 5.18. The van der Waals surface area contributed by atoms with Gasteiger partial charge >= 0.3 is 0 Å². The van der Waals surface area contributed by atoms with Gasteiger partial charge in [-0.3, -0.25) is 0 Å². The zero-order valence-corrected chi connectivity index (χ0v) is 9.72. The summed E-state index contributed by atoms with van der Waals surface area (Å²) in [5.41, 5.74) is 2.88. The van der Waals surface area contributed by atoms with Gasteiger partial charge in [0.15, 0.2) is 0 Å². The summed E-state index contributed by atoms with van der Waals surface area (Å²) < 4.78 is 0. The van der Waals surface area contributed by atoms with Crippen molar-refractivity contribution in [3.8, 4) is 6.07 Å². The van der Waals surface area contributed by atoms with Crippen LogP contribution in [-0.2, 0) is 0 Å². The fourth-order valence-electron chi connectivity index (χ4n) is 1.75. The largest absolute Gasteiger partial charge is 0.378 e. The van der Waals surface area contributed by atoms with Gasteiger partial charge in [0.2, 0.25) is 0 Å². The van der Waals surface area contributed by atoms with Gasteiger partial charge in [-0.05, 0) is 30.7 Å². The number of hydrogen-bond donors (Lipinski definition) is 1. The van der Waals surface area contributed by atoms with E-state index in [0.29, 0.717) is 5.56 Å². The van der Waals surface area contributed by atoms with Gasteiger partial charge in [-0.1, -0.05) is 36.4 Å². The molecule has 0 saturated heterocycles. The highest BCUT2D eigenvalue weighted by molar-refractivity contribution is 5.50. The average molecular weight is 222 g/mol. The molecule has 0 bridgehead atoms. The van der Waals surface area contributed by atoms with Gasteiger partial charge in [-0.25, -0.2) is 0 Å². The van der Waals surface area contributed by atoms with Crippen LogP contribution < -0.4 is 5.32 Å². The van der Waals surface area contributed by atoms with Crippen LogP contribution in [0.2, 0.25) is 0 Å². The van der Waals surface area contributed by atoms with Crippen molar-refractivity contribution in [3.05, 3.63) is 65.7 Å². The minimum Gasteiger partial charge on any atom is -0.378 e. The number of hydrogen-bond acceptors (Lipinski definition) is 2. The third-order valence-electron chi connectivity index (χ3n) is 2.67. The van der Waals surface area contributed by atoms with E-state index in [-0.39, 0.29) is 6.04 Å². The van der Waals surface area contributed by atoms with Gasteiger partial charge in [0.1, 0.15) is 0 Å². The van der Waals surface area contributed by atoms with E-state index in [9.17, 15) is 0 Å². The summed E-state index contributed by atoms with van der Waals surface area (Å²) in [5, 5.41) is 12.2. The fourth-order valence-corrected chi connectivity index (χ4v) is 1.75. The third-order valence-corrected chi connectivity index (χ3v) is 2.67. The third kappa shape index (κ3) is 2.85. The van der Waals surface area contributed by atoms with E-state index >= 15 is 0 Å². The van der Waals surface area contributed by atoms with Crippen molar-refractivity contribution in [2.24, 2.45) is 0 Å². The summed E-state index contributed by atoms with van der Waals surface area (Å²) in [5.74, 6) is 0. The number of nitriles is 1. The van der Waals surface area contributed by atoms with Crippen LogP contribution in [0.3, 0.4) is 0 Å². The summed E-state index contributed by atoms with van der Waals surface area (Å²) in [6, 6.07) is 20.1. The standard InChI is InChI=1S/C15H14N2/c1-12(14-7-3-2-4-8-14)17-15-9-5-6-13(10-15)11-16/h2-10,12,17H,1H3/t12-/m1/s1. The maximum atomic E-state index is 8.84. The van der Waals surface area contributed by atoms with Crippen molar-refractivity contribution in [2.75, 3.05) is 5.32 Å². The van der Waals surface area contributed by atoms with Crippen LogP contribution in [0.1, 0.15) is 24.1 Å². The Kier molecular flexibility index (Phi) is 3.42. The van der Waals surface area contributed by atoms with Gasteiger partial charge in [0, 0.05) is 11.7 Å². The lowest BCUT2D eigenvalue weighted by Crippen LogP contribution is -2.06. The summed E-state index contributed by atoms with van der Waals surface area (Å²) in [6.07, 6.45) is 0. The van der Waals surface area contributed by atoms with Crippen LogP contribution in [0, 0.1) is 11.3 Å². The maximum Gasteiger partial charge on any atom is 0.0992 e. The molecule has 2 rings (SSSR count). The molecule has 2 aromatic rings. The van der Waals surface area contributed by atoms with Crippen LogP contribution in [0.5, 0.6) is 0 Å². The number of benzene rings is 2. The smallest absolute Gasteiger partial charge is 0.0992 e. The lowest BCUT2D eigenvalue weighted by molar-refractivity contribution is 0.885. The first-order valence-corrected chi connectivity index (χ1v) is 5.61. The molecule has 17 heavy (non-hydrogen) atoms. The number of nitrogens with one attached hydrogen (secondary N) is 1. The summed E-state index contributed by atoms with van der Waals surface area (Å²) >= 11 is 0. The SMILES string of the molecule is C[C@@H](Nc1cccc(C#N)c1)c1ccccc1. The first-order valence-electron chi connectivity index (χ1n) is 5.61.